The molecular formula is C22H26BrClN2O3. The molecule has 0 aliphatic heterocycles. The van der Waals surface area contributed by atoms with Gasteiger partial charge in [-0.25, -0.2) is 0 Å². The van der Waals surface area contributed by atoms with Crippen LogP contribution < -0.4 is 10.1 Å². The molecule has 29 heavy (non-hydrogen) atoms. The number of nitrogens with zero attached hydrogens (tertiary/aromatic N) is 1. The van der Waals surface area contributed by atoms with Gasteiger partial charge in [-0.1, -0.05) is 53.0 Å². The van der Waals surface area contributed by atoms with Gasteiger partial charge >= 0.3 is 0 Å². The summed E-state index contributed by atoms with van der Waals surface area (Å²) in [5.74, 6) is 0.132. The molecule has 0 fully saturated rings. The van der Waals surface area contributed by atoms with Crippen LogP contribution in [0.5, 0.6) is 5.75 Å². The highest BCUT2D eigenvalue weighted by atomic mass is 79.9. The summed E-state index contributed by atoms with van der Waals surface area (Å²) in [7, 11) is 0. The number of rotatable bonds is 10. The Morgan fingerprint density at radius 2 is 1.93 bits per heavy atom. The number of nitrogens with one attached hydrogen (secondary N) is 1. The van der Waals surface area contributed by atoms with Gasteiger partial charge in [0.25, 0.3) is 5.91 Å². The lowest BCUT2D eigenvalue weighted by Gasteiger charge is -2.28. The number of hydrogen-bond donors (Lipinski definition) is 1. The Hall–Kier alpha value is -2.05. The second kappa shape index (κ2) is 11.8. The number of carbonyl (C=O) groups is 2. The van der Waals surface area contributed by atoms with Gasteiger partial charge in [0.15, 0.2) is 6.61 Å². The van der Waals surface area contributed by atoms with E-state index in [0.717, 1.165) is 22.9 Å². The lowest BCUT2D eigenvalue weighted by atomic mass is 10.1. The van der Waals surface area contributed by atoms with Crippen LogP contribution in [0.3, 0.4) is 0 Å². The van der Waals surface area contributed by atoms with Crippen LogP contribution in [0, 0.1) is 0 Å². The molecule has 0 aliphatic rings. The highest BCUT2D eigenvalue weighted by Gasteiger charge is 2.26. The van der Waals surface area contributed by atoms with Gasteiger partial charge in [-0.3, -0.25) is 9.59 Å². The fraction of sp³-hybridized carbons (Fsp3) is 0.364. The number of amides is 2. The molecule has 2 aromatic carbocycles. The average Bonchev–Trinajstić information content (AvgIpc) is 2.71. The molecule has 0 unspecified atom stereocenters. The molecule has 2 amide bonds. The Kier molecular flexibility index (Phi) is 9.48. The van der Waals surface area contributed by atoms with Gasteiger partial charge in [-0.15, -0.1) is 0 Å². The van der Waals surface area contributed by atoms with E-state index in [2.05, 4.69) is 28.2 Å². The van der Waals surface area contributed by atoms with Crippen LogP contribution in [-0.4, -0.2) is 35.9 Å². The third kappa shape index (κ3) is 7.71. The number of halogens is 2. The van der Waals surface area contributed by atoms with Crippen molar-refractivity contribution in [1.82, 2.24) is 10.2 Å². The zero-order valence-corrected chi connectivity index (χ0v) is 19.0. The molecule has 0 saturated carbocycles. The summed E-state index contributed by atoms with van der Waals surface area (Å²) in [6.45, 7) is 4.49. The van der Waals surface area contributed by atoms with Crippen LogP contribution in [0.15, 0.2) is 53.0 Å². The molecule has 1 atom stereocenters. The molecule has 0 aliphatic carbocycles. The summed E-state index contributed by atoms with van der Waals surface area (Å²) in [6.07, 6.45) is 1.88. The molecule has 0 aromatic heterocycles. The van der Waals surface area contributed by atoms with E-state index in [9.17, 15) is 9.59 Å². The van der Waals surface area contributed by atoms with Crippen LogP contribution >= 0.6 is 27.5 Å². The minimum Gasteiger partial charge on any atom is -0.484 e. The maximum Gasteiger partial charge on any atom is 0.261 e. The molecule has 1 N–H and O–H groups in total. The first-order valence-electron chi connectivity index (χ1n) is 9.60. The Morgan fingerprint density at radius 3 is 2.59 bits per heavy atom. The lowest BCUT2D eigenvalue weighted by Crippen LogP contribution is -2.49. The van der Waals surface area contributed by atoms with Crippen LogP contribution in [0.25, 0.3) is 0 Å². The average molecular weight is 482 g/mol. The van der Waals surface area contributed by atoms with E-state index in [1.165, 1.54) is 4.90 Å². The number of unbranched alkanes of at least 4 members (excludes halogenated alkanes) is 1. The molecule has 0 bridgehead atoms. The molecule has 156 valence electrons. The predicted molar refractivity (Wildman–Crippen MR) is 119 cm³/mol. The fourth-order valence-corrected chi connectivity index (χ4v) is 3.19. The standard InChI is InChI=1S/C22H26BrClN2O3/c1-3-4-12-25-22(28)16(2)26(14-17-6-5-7-19(24)13-17)21(27)15-29-20-10-8-18(23)9-11-20/h5-11,13,16H,3-4,12,14-15H2,1-2H3,(H,25,28)/t16-/m0/s1. The van der Waals surface area contributed by atoms with Crippen molar-refractivity contribution < 1.29 is 14.3 Å². The van der Waals surface area contributed by atoms with Crippen LogP contribution in [0.1, 0.15) is 32.3 Å². The van der Waals surface area contributed by atoms with Crippen molar-refractivity contribution in [2.24, 2.45) is 0 Å². The van der Waals surface area contributed by atoms with Gasteiger partial charge in [-0.2, -0.15) is 0 Å². The quantitative estimate of drug-likeness (QED) is 0.495. The minimum absolute atomic E-state index is 0.158. The van der Waals surface area contributed by atoms with Gasteiger partial charge in [0.2, 0.25) is 5.91 Å². The SMILES string of the molecule is CCCCNC(=O)[C@H](C)N(Cc1cccc(Cl)c1)C(=O)COc1ccc(Br)cc1. The molecule has 0 radical (unpaired) electrons. The van der Waals surface area contributed by atoms with Gasteiger partial charge in [0, 0.05) is 22.6 Å². The third-order valence-corrected chi connectivity index (χ3v) is 5.18. The molecule has 5 nitrogen and oxygen atoms in total. The zero-order valence-electron chi connectivity index (χ0n) is 16.7. The lowest BCUT2D eigenvalue weighted by molar-refractivity contribution is -0.142. The highest BCUT2D eigenvalue weighted by molar-refractivity contribution is 9.10. The number of ether oxygens (including phenoxy) is 1. The van der Waals surface area contributed by atoms with Gasteiger partial charge < -0.3 is 15.0 Å². The number of benzene rings is 2. The van der Waals surface area contributed by atoms with E-state index in [1.54, 1.807) is 31.2 Å². The normalized spacial score (nSPS) is 11.6. The van der Waals surface area contributed by atoms with Crippen molar-refractivity contribution in [1.29, 1.82) is 0 Å². The molecule has 7 heteroatoms. The first-order chi connectivity index (χ1) is 13.9. The predicted octanol–water partition coefficient (Wildman–Crippen LogP) is 4.81. The van der Waals surface area contributed by atoms with E-state index >= 15 is 0 Å². The van der Waals surface area contributed by atoms with Crippen molar-refractivity contribution in [3.8, 4) is 5.75 Å². The maximum absolute atomic E-state index is 12.9. The molecular weight excluding hydrogens is 456 g/mol. The van der Waals surface area contributed by atoms with E-state index in [4.69, 9.17) is 16.3 Å². The van der Waals surface area contributed by atoms with Crippen LogP contribution in [0.2, 0.25) is 5.02 Å². The number of hydrogen-bond acceptors (Lipinski definition) is 3. The molecule has 0 heterocycles. The minimum atomic E-state index is -0.633. The number of carbonyl (C=O) groups excluding carboxylic acids is 2. The van der Waals surface area contributed by atoms with Gasteiger partial charge in [0.05, 0.1) is 0 Å². The van der Waals surface area contributed by atoms with Crippen molar-refractivity contribution in [3.05, 3.63) is 63.6 Å². The smallest absolute Gasteiger partial charge is 0.261 e. The molecule has 2 rings (SSSR count). The second-order valence-corrected chi connectivity index (χ2v) is 8.07. The summed E-state index contributed by atoms with van der Waals surface area (Å²) in [5, 5.41) is 3.48. The summed E-state index contributed by atoms with van der Waals surface area (Å²) in [4.78, 5) is 27.0. The van der Waals surface area contributed by atoms with Gasteiger partial charge in [0.1, 0.15) is 11.8 Å². The summed E-state index contributed by atoms with van der Waals surface area (Å²) < 4.78 is 6.55. The second-order valence-electron chi connectivity index (χ2n) is 6.71. The monoisotopic (exact) mass is 480 g/mol. The van der Waals surface area contributed by atoms with Gasteiger partial charge in [-0.05, 0) is 55.3 Å². The van der Waals surface area contributed by atoms with Crippen molar-refractivity contribution in [2.45, 2.75) is 39.3 Å². The summed E-state index contributed by atoms with van der Waals surface area (Å²) >= 11 is 9.44. The van der Waals surface area contributed by atoms with Crippen molar-refractivity contribution in [3.63, 3.8) is 0 Å². The van der Waals surface area contributed by atoms with Crippen LogP contribution in [-0.2, 0) is 16.1 Å². The van der Waals surface area contributed by atoms with E-state index in [-0.39, 0.29) is 25.0 Å². The van der Waals surface area contributed by atoms with Crippen molar-refractivity contribution >= 4 is 39.3 Å². The Labute approximate surface area is 185 Å². The van der Waals surface area contributed by atoms with Crippen LogP contribution in [0.4, 0.5) is 0 Å². The Morgan fingerprint density at radius 1 is 1.21 bits per heavy atom. The first-order valence-corrected chi connectivity index (χ1v) is 10.8. The van der Waals surface area contributed by atoms with E-state index in [1.807, 2.05) is 24.3 Å². The Balaban J connectivity index is 2.10. The summed E-state index contributed by atoms with van der Waals surface area (Å²) in [5.41, 5.74) is 0.850. The highest BCUT2D eigenvalue weighted by Crippen LogP contribution is 2.18. The zero-order chi connectivity index (χ0) is 21.2. The maximum atomic E-state index is 12.9. The largest absolute Gasteiger partial charge is 0.484 e. The van der Waals surface area contributed by atoms with Crippen molar-refractivity contribution in [2.75, 3.05) is 13.2 Å². The third-order valence-electron chi connectivity index (χ3n) is 4.41. The molecule has 0 saturated heterocycles. The Bertz CT molecular complexity index is 814. The molecule has 2 aromatic rings. The van der Waals surface area contributed by atoms with E-state index in [0.29, 0.717) is 17.3 Å². The fourth-order valence-electron chi connectivity index (χ4n) is 2.71. The first kappa shape index (κ1) is 23.2. The summed E-state index contributed by atoms with van der Waals surface area (Å²) in [6, 6.07) is 13.9. The topological polar surface area (TPSA) is 58.6 Å². The van der Waals surface area contributed by atoms with E-state index < -0.39 is 6.04 Å². The molecule has 0 spiro atoms.